The number of ether oxygens (including phenoxy) is 1. The van der Waals surface area contributed by atoms with Crippen molar-refractivity contribution in [3.05, 3.63) is 83.9 Å². The van der Waals surface area contributed by atoms with Gasteiger partial charge in [-0.1, -0.05) is 51.2 Å². The van der Waals surface area contributed by atoms with Gasteiger partial charge in [-0.25, -0.2) is 4.99 Å². The van der Waals surface area contributed by atoms with Gasteiger partial charge in [0, 0.05) is 69.2 Å². The van der Waals surface area contributed by atoms with Crippen LogP contribution in [0.1, 0.15) is 120 Å². The van der Waals surface area contributed by atoms with Crippen molar-refractivity contribution in [2.24, 2.45) is 22.2 Å². The average Bonchev–Trinajstić information content (AvgIpc) is 4.41. The Hall–Kier alpha value is -7.66. The average molecular weight is 1150 g/mol. The minimum absolute atomic E-state index is 0.0109. The molecule has 4 aliphatic rings. The van der Waals surface area contributed by atoms with E-state index < -0.39 is 89.7 Å². The van der Waals surface area contributed by atoms with Crippen LogP contribution in [-0.4, -0.2) is 175 Å². The highest BCUT2D eigenvalue weighted by molar-refractivity contribution is 6.00. The number of rotatable bonds is 20. The highest BCUT2D eigenvalue weighted by Gasteiger charge is 2.44. The van der Waals surface area contributed by atoms with Crippen LogP contribution in [0, 0.1) is 0 Å². The van der Waals surface area contributed by atoms with Crippen molar-refractivity contribution in [1.29, 1.82) is 0 Å². The Morgan fingerprint density at radius 1 is 0.711 bits per heavy atom. The first-order valence-corrected chi connectivity index (χ1v) is 29.7. The zero-order valence-corrected chi connectivity index (χ0v) is 48.1. The number of phenols is 1. The fraction of sp³-hybridized carbons (Fsp3) is 0.567. The number of nitrogens with zero attached hydrogens (tertiary/aromatic N) is 5. The van der Waals surface area contributed by atoms with Gasteiger partial charge < -0.3 is 78.3 Å². The number of carbonyl (C=O) groups is 7. The summed E-state index contributed by atoms with van der Waals surface area (Å²) >= 11 is 0. The molecule has 0 aliphatic carbocycles. The number of nitrogens with two attached hydrogens (primary N) is 3. The molecule has 3 aromatic carbocycles. The molecule has 0 bridgehead atoms. The molecule has 4 aliphatic heterocycles. The van der Waals surface area contributed by atoms with Crippen LogP contribution >= 0.6 is 0 Å². The molecule has 23 heteroatoms. The predicted octanol–water partition coefficient (Wildman–Crippen LogP) is 1.91. The fourth-order valence-electron chi connectivity index (χ4n) is 11.3. The third-order valence-electron chi connectivity index (χ3n) is 16.0. The van der Waals surface area contributed by atoms with Crippen LogP contribution in [0.25, 0.3) is 0 Å². The molecule has 3 aromatic rings. The summed E-state index contributed by atoms with van der Waals surface area (Å²) in [7, 11) is 0. The van der Waals surface area contributed by atoms with Crippen LogP contribution in [0.4, 0.5) is 11.4 Å². The number of aromatic hydroxyl groups is 1. The molecule has 83 heavy (non-hydrogen) atoms. The third-order valence-corrected chi connectivity index (χ3v) is 16.0. The van der Waals surface area contributed by atoms with E-state index in [9.17, 15) is 43.8 Å². The Bertz CT molecular complexity index is 2660. The van der Waals surface area contributed by atoms with Gasteiger partial charge in [0.25, 0.3) is 5.91 Å². The summed E-state index contributed by atoms with van der Waals surface area (Å²) in [6.07, 6.45) is 7.24. The second-order valence-electron chi connectivity index (χ2n) is 22.2. The number of benzene rings is 3. The second kappa shape index (κ2) is 31.1. The van der Waals surface area contributed by atoms with Crippen LogP contribution in [0.15, 0.2) is 77.8 Å². The molecule has 4 fully saturated rings. The van der Waals surface area contributed by atoms with E-state index in [1.54, 1.807) is 24.3 Å². The van der Waals surface area contributed by atoms with Crippen molar-refractivity contribution in [1.82, 2.24) is 36.4 Å². The van der Waals surface area contributed by atoms with Crippen molar-refractivity contribution < 1.29 is 48.5 Å². The molecule has 0 saturated carbocycles. The van der Waals surface area contributed by atoms with Crippen molar-refractivity contribution >= 4 is 58.7 Å². The first-order valence-electron chi connectivity index (χ1n) is 29.7. The Morgan fingerprint density at radius 2 is 1.36 bits per heavy atom. The van der Waals surface area contributed by atoms with Gasteiger partial charge in [0.15, 0.2) is 5.96 Å². The first kappa shape index (κ1) is 62.9. The summed E-state index contributed by atoms with van der Waals surface area (Å²) in [5, 5.41) is 35.1. The lowest BCUT2D eigenvalue weighted by molar-refractivity contribution is -0.144. The zero-order chi connectivity index (χ0) is 59.4. The van der Waals surface area contributed by atoms with Gasteiger partial charge in [0.05, 0.1) is 18.8 Å². The second-order valence-corrected chi connectivity index (χ2v) is 22.2. The minimum atomic E-state index is -1.55. The summed E-state index contributed by atoms with van der Waals surface area (Å²) in [4.78, 5) is 112. The maximum atomic E-state index is 14.7. The SMILES string of the molecule is CCCCCCCCOc1ccc(N2CCN(c3ccc(C(=O)N[C@H]4CCCNC(=O)[C@@H]5C[C@H](N=C(N)N)CN5C(=O)[C@H](CCCN)NC(=O)[C@H](CCc5ccc(O)cc5)NC(=O)[C@@H]5CCCN5C(=O)[C@H]([C@@H](C)O)NC4=O)cc3)CC2)cc1. The van der Waals surface area contributed by atoms with E-state index in [0.717, 1.165) is 55.3 Å². The molecule has 4 saturated heterocycles. The van der Waals surface area contributed by atoms with E-state index in [-0.39, 0.29) is 88.4 Å². The number of amides is 7. The van der Waals surface area contributed by atoms with Gasteiger partial charge in [0.2, 0.25) is 35.4 Å². The maximum Gasteiger partial charge on any atom is 0.251 e. The number of nitrogens with one attached hydrogen (secondary N) is 5. The smallest absolute Gasteiger partial charge is 0.251 e. The third kappa shape index (κ3) is 17.9. The van der Waals surface area contributed by atoms with Crippen molar-refractivity contribution in [2.45, 2.75) is 159 Å². The lowest BCUT2D eigenvalue weighted by Gasteiger charge is -2.37. The highest BCUT2D eigenvalue weighted by atomic mass is 16.5. The molecule has 4 heterocycles. The predicted molar refractivity (Wildman–Crippen MR) is 316 cm³/mol. The number of aliphatic hydroxyl groups is 1. The Labute approximate surface area is 486 Å². The summed E-state index contributed by atoms with van der Waals surface area (Å²) in [6, 6.07) is 13.5. The van der Waals surface area contributed by atoms with E-state index in [2.05, 4.69) is 60.4 Å². The lowest BCUT2D eigenvalue weighted by Crippen LogP contribution is -2.61. The number of phenolic OH excluding ortho intramolecular Hbond substituents is 1. The van der Waals surface area contributed by atoms with Gasteiger partial charge in [-0.3, -0.25) is 33.6 Å². The number of unbranched alkanes of at least 4 members (excludes halogenated alkanes) is 5. The van der Waals surface area contributed by atoms with Crippen molar-refractivity contribution in [3.8, 4) is 11.5 Å². The van der Waals surface area contributed by atoms with Crippen molar-refractivity contribution in [2.75, 3.05) is 68.8 Å². The van der Waals surface area contributed by atoms with Gasteiger partial charge in [-0.2, -0.15) is 0 Å². The number of anilines is 2. The largest absolute Gasteiger partial charge is 0.508 e. The normalized spacial score (nSPS) is 23.6. The number of fused-ring (bicyclic) bond motifs is 2. The number of guanidine groups is 1. The lowest BCUT2D eigenvalue weighted by atomic mass is 10.0. The van der Waals surface area contributed by atoms with Gasteiger partial charge in [-0.15, -0.1) is 0 Å². The standard InChI is InChI=1S/C60H87N13O10/c1-3-4-5-6-7-8-36-83-46-26-22-44(23-27-46)71-34-32-70(33-35-71)43-20-18-41(19-21-43)53(76)66-47-13-10-30-64-56(79)51-37-42(65-60(62)63)38-73(51)58(81)49(12-9-29-61)68-54(77)48(28-17-40-15-24-45(75)25-16-40)67-57(80)50-14-11-31-72(50)59(82)52(39(2)74)69-55(47)78/h15-16,18-27,39,42,47-52,74-75H,3-14,17,28-38,61H2,1-2H3,(H,64,79)(H,66,76)(H,67,80)(H,68,77)(H,69,78)(H4,62,63,65)/t39-,42+,47+,48+,49+,50+,51+,52+/m1/s1. The topological polar surface area (TPSA) is 333 Å². The highest BCUT2D eigenvalue weighted by Crippen LogP contribution is 2.27. The molecule has 23 nitrogen and oxygen atoms in total. The fourth-order valence-corrected chi connectivity index (χ4v) is 11.3. The van der Waals surface area contributed by atoms with E-state index in [4.69, 9.17) is 21.9 Å². The summed E-state index contributed by atoms with van der Waals surface area (Å²) in [5.41, 5.74) is 20.5. The molecule has 0 unspecified atom stereocenters. The Balaban J connectivity index is 1.07. The van der Waals surface area contributed by atoms with E-state index in [1.807, 2.05) is 24.3 Å². The number of carbonyl (C=O) groups excluding carboxylic acids is 7. The first-order chi connectivity index (χ1) is 40.0. The van der Waals surface area contributed by atoms with E-state index in [1.165, 1.54) is 61.0 Å². The number of aliphatic hydroxyl groups excluding tert-OH is 1. The molecular weight excluding hydrogens is 1060 g/mol. The minimum Gasteiger partial charge on any atom is -0.508 e. The molecular formula is C60H87N13O10. The van der Waals surface area contributed by atoms with Crippen LogP contribution in [0.5, 0.6) is 11.5 Å². The number of aliphatic imine (C=N–C) groups is 1. The van der Waals surface area contributed by atoms with Crippen LogP contribution in [0.2, 0.25) is 0 Å². The number of hydrogen-bond acceptors (Lipinski definition) is 14. The van der Waals surface area contributed by atoms with Crippen LogP contribution in [0.3, 0.4) is 0 Å². The molecule has 452 valence electrons. The summed E-state index contributed by atoms with van der Waals surface area (Å²) in [5.74, 6) is -3.97. The molecule has 8 atom stereocenters. The molecule has 0 aromatic heterocycles. The van der Waals surface area contributed by atoms with Crippen LogP contribution < -0.4 is 58.3 Å². The Morgan fingerprint density at radius 3 is 2.01 bits per heavy atom. The molecule has 0 spiro atoms. The number of piperazine rings is 1. The number of aryl methyl sites for hydroxylation is 1. The zero-order valence-electron chi connectivity index (χ0n) is 48.1. The molecule has 0 radical (unpaired) electrons. The molecule has 13 N–H and O–H groups in total. The summed E-state index contributed by atoms with van der Waals surface area (Å²) in [6.45, 7) is 7.53. The molecule has 7 rings (SSSR count). The van der Waals surface area contributed by atoms with E-state index >= 15 is 0 Å². The monoisotopic (exact) mass is 1150 g/mol. The van der Waals surface area contributed by atoms with E-state index in [0.29, 0.717) is 19.4 Å². The quantitative estimate of drug-likeness (QED) is 0.0439. The molecule has 7 amide bonds. The summed E-state index contributed by atoms with van der Waals surface area (Å²) < 4.78 is 6.00. The van der Waals surface area contributed by atoms with Gasteiger partial charge >= 0.3 is 0 Å². The van der Waals surface area contributed by atoms with Crippen LogP contribution in [-0.2, 0) is 35.2 Å². The van der Waals surface area contributed by atoms with Gasteiger partial charge in [-0.05, 0) is 137 Å². The maximum absolute atomic E-state index is 14.7. The van der Waals surface area contributed by atoms with Gasteiger partial charge in [0.1, 0.15) is 47.8 Å². The Kier molecular flexibility index (Phi) is 23.6. The van der Waals surface area contributed by atoms with Crippen molar-refractivity contribution in [3.63, 3.8) is 0 Å². The number of hydrogen-bond donors (Lipinski definition) is 10.